The Morgan fingerprint density at radius 3 is 2.68 bits per heavy atom. The fourth-order valence-corrected chi connectivity index (χ4v) is 4.85. The normalized spacial score (nSPS) is 18.3. The number of fused-ring (bicyclic) bond motifs is 1. The fraction of sp³-hybridized carbons (Fsp3) is 0.423. The lowest BCUT2D eigenvalue weighted by atomic mass is 9.82. The van der Waals surface area contributed by atoms with E-state index in [9.17, 15) is 9.18 Å². The summed E-state index contributed by atoms with van der Waals surface area (Å²) in [6.07, 6.45) is 4.43. The number of methoxy groups -OCH3 is 2. The second-order valence-corrected chi connectivity index (χ2v) is 9.27. The Labute approximate surface area is 219 Å². The number of carbonyl (C=O) groups excluding carboxylic acids is 1. The number of hydrogen-bond donors (Lipinski definition) is 3. The smallest absolute Gasteiger partial charge is 0.323 e. The molecule has 0 unspecified atom stereocenters. The van der Waals surface area contributed by atoms with Crippen LogP contribution in [-0.2, 0) is 9.53 Å². The lowest BCUT2D eigenvalue weighted by Crippen LogP contribution is -2.47. The molecule has 2 aromatic carbocycles. The van der Waals surface area contributed by atoms with E-state index in [1.165, 1.54) is 19.5 Å². The minimum atomic E-state index is -0.566. The highest BCUT2D eigenvalue weighted by molar-refractivity contribution is 6.31. The first-order valence-corrected chi connectivity index (χ1v) is 12.5. The summed E-state index contributed by atoms with van der Waals surface area (Å²) in [5.41, 5.74) is 6.42. The predicted octanol–water partition coefficient (Wildman–Crippen LogP) is 4.20. The number of anilines is 2. The number of halogens is 2. The van der Waals surface area contributed by atoms with E-state index >= 15 is 0 Å². The quantitative estimate of drug-likeness (QED) is 0.330. The molecular formula is C26H31ClFN5O4. The molecule has 3 aromatic rings. The van der Waals surface area contributed by atoms with Crippen LogP contribution >= 0.6 is 11.6 Å². The molecule has 4 N–H and O–H groups in total. The van der Waals surface area contributed by atoms with Gasteiger partial charge in [0.2, 0.25) is 0 Å². The Morgan fingerprint density at radius 1 is 1.19 bits per heavy atom. The molecule has 0 bridgehead atoms. The molecule has 0 amide bonds. The van der Waals surface area contributed by atoms with Crippen molar-refractivity contribution in [3.8, 4) is 11.5 Å². The number of hydrogen-bond acceptors (Lipinski definition) is 9. The van der Waals surface area contributed by atoms with E-state index in [-0.39, 0.29) is 34.7 Å². The second-order valence-electron chi connectivity index (χ2n) is 8.87. The maximum atomic E-state index is 14.5. The number of nitrogens with two attached hydrogens (primary N) is 1. The van der Waals surface area contributed by atoms with Crippen LogP contribution < -0.4 is 25.8 Å². The van der Waals surface area contributed by atoms with Gasteiger partial charge in [0, 0.05) is 24.5 Å². The first kappa shape index (κ1) is 26.8. The standard InChI is InChI=1S/C26H31ClFN5O4/c1-35-21-13-20-17(25(32-14-31-20)33-19-5-3-4-18(27)23(19)28)12-22(21)37-16-8-6-15(7-9-16)24(26(34)36-2)30-11-10-29/h3-5,12-16,24,30H,6-11,29H2,1-2H3,(H,31,32,33)/t15?,16?,24-/m0/s1. The number of rotatable bonds is 10. The first-order valence-electron chi connectivity index (χ1n) is 12.2. The van der Waals surface area contributed by atoms with Crippen LogP contribution in [0.4, 0.5) is 15.9 Å². The van der Waals surface area contributed by atoms with Crippen molar-refractivity contribution in [3.05, 3.63) is 47.5 Å². The minimum absolute atomic E-state index is 0.0114. The van der Waals surface area contributed by atoms with E-state index in [1.54, 1.807) is 31.4 Å². The number of benzene rings is 2. The molecule has 1 aliphatic rings. The van der Waals surface area contributed by atoms with Gasteiger partial charge in [-0.2, -0.15) is 0 Å². The Bertz CT molecular complexity index is 1240. The number of aromatic nitrogens is 2. The molecular weight excluding hydrogens is 501 g/mol. The van der Waals surface area contributed by atoms with Crippen molar-refractivity contribution in [2.24, 2.45) is 11.7 Å². The number of nitrogens with zero attached hydrogens (tertiary/aromatic N) is 2. The van der Waals surface area contributed by atoms with Crippen LogP contribution in [0.25, 0.3) is 10.9 Å². The summed E-state index contributed by atoms with van der Waals surface area (Å²) < 4.78 is 31.4. The molecule has 9 nitrogen and oxygen atoms in total. The Kier molecular flexibility index (Phi) is 8.96. The third kappa shape index (κ3) is 6.20. The summed E-state index contributed by atoms with van der Waals surface area (Å²) in [5.74, 6) is 0.774. The highest BCUT2D eigenvalue weighted by Crippen LogP contribution is 2.38. The van der Waals surface area contributed by atoms with Gasteiger partial charge in [0.25, 0.3) is 0 Å². The fourth-order valence-electron chi connectivity index (χ4n) is 4.67. The van der Waals surface area contributed by atoms with Crippen LogP contribution in [0.2, 0.25) is 5.02 Å². The van der Waals surface area contributed by atoms with Gasteiger partial charge < -0.3 is 30.6 Å². The third-order valence-electron chi connectivity index (χ3n) is 6.57. The van der Waals surface area contributed by atoms with E-state index in [1.807, 2.05) is 0 Å². The van der Waals surface area contributed by atoms with E-state index in [2.05, 4.69) is 20.6 Å². The zero-order valence-electron chi connectivity index (χ0n) is 20.8. The van der Waals surface area contributed by atoms with Gasteiger partial charge in [-0.05, 0) is 49.8 Å². The molecule has 11 heteroatoms. The molecule has 0 radical (unpaired) electrons. The number of ether oxygens (including phenoxy) is 3. The summed E-state index contributed by atoms with van der Waals surface area (Å²) in [6.45, 7) is 0.986. The van der Waals surface area contributed by atoms with Gasteiger partial charge in [-0.15, -0.1) is 0 Å². The molecule has 0 saturated heterocycles. The Hall–Kier alpha value is -3.21. The second kappa shape index (κ2) is 12.4. The maximum absolute atomic E-state index is 14.5. The van der Waals surface area contributed by atoms with Crippen LogP contribution in [0.1, 0.15) is 25.7 Å². The minimum Gasteiger partial charge on any atom is -0.493 e. The van der Waals surface area contributed by atoms with Gasteiger partial charge in [-0.3, -0.25) is 4.79 Å². The molecule has 37 heavy (non-hydrogen) atoms. The predicted molar refractivity (Wildman–Crippen MR) is 140 cm³/mol. The zero-order chi connectivity index (χ0) is 26.4. The van der Waals surface area contributed by atoms with Crippen molar-refractivity contribution in [2.75, 3.05) is 32.6 Å². The molecule has 1 aromatic heterocycles. The highest BCUT2D eigenvalue weighted by atomic mass is 35.5. The van der Waals surface area contributed by atoms with E-state index < -0.39 is 5.82 Å². The summed E-state index contributed by atoms with van der Waals surface area (Å²) >= 11 is 5.93. The number of esters is 1. The van der Waals surface area contributed by atoms with Gasteiger partial charge >= 0.3 is 5.97 Å². The molecule has 198 valence electrons. The van der Waals surface area contributed by atoms with Crippen LogP contribution in [0.5, 0.6) is 11.5 Å². The van der Waals surface area contributed by atoms with Gasteiger partial charge in [-0.1, -0.05) is 17.7 Å². The molecule has 0 spiro atoms. The van der Waals surface area contributed by atoms with Crippen LogP contribution in [0, 0.1) is 11.7 Å². The monoisotopic (exact) mass is 531 g/mol. The van der Waals surface area contributed by atoms with Crippen LogP contribution in [-0.4, -0.2) is 55.4 Å². The lowest BCUT2D eigenvalue weighted by molar-refractivity contribution is -0.145. The summed E-state index contributed by atoms with van der Waals surface area (Å²) in [5, 5.41) is 6.87. The summed E-state index contributed by atoms with van der Waals surface area (Å²) in [4.78, 5) is 20.9. The largest absolute Gasteiger partial charge is 0.493 e. The third-order valence-corrected chi connectivity index (χ3v) is 6.86. The van der Waals surface area contributed by atoms with Crippen molar-refractivity contribution in [1.29, 1.82) is 0 Å². The van der Waals surface area contributed by atoms with Gasteiger partial charge in [0.1, 0.15) is 18.2 Å². The topological polar surface area (TPSA) is 121 Å². The molecule has 1 aliphatic carbocycles. The molecule has 1 heterocycles. The molecule has 1 atom stereocenters. The number of nitrogens with one attached hydrogen (secondary N) is 2. The molecule has 1 fully saturated rings. The average molecular weight is 532 g/mol. The average Bonchev–Trinajstić information content (AvgIpc) is 2.92. The molecule has 4 rings (SSSR count). The van der Waals surface area contributed by atoms with E-state index in [0.717, 1.165) is 25.7 Å². The van der Waals surface area contributed by atoms with Crippen LogP contribution in [0.15, 0.2) is 36.7 Å². The number of carbonyl (C=O) groups is 1. The highest BCUT2D eigenvalue weighted by Gasteiger charge is 2.33. The summed E-state index contributed by atoms with van der Waals surface area (Å²) in [7, 11) is 2.96. The van der Waals surface area contributed by atoms with Crippen molar-refractivity contribution < 1.29 is 23.4 Å². The molecule has 0 aliphatic heterocycles. The zero-order valence-corrected chi connectivity index (χ0v) is 21.6. The first-order chi connectivity index (χ1) is 17.9. The summed E-state index contributed by atoms with van der Waals surface area (Å²) in [6, 6.07) is 7.89. The van der Waals surface area contributed by atoms with Crippen molar-refractivity contribution in [3.63, 3.8) is 0 Å². The molecule has 1 saturated carbocycles. The Morgan fingerprint density at radius 2 is 1.97 bits per heavy atom. The van der Waals surface area contributed by atoms with E-state index in [4.69, 9.17) is 31.5 Å². The lowest BCUT2D eigenvalue weighted by Gasteiger charge is -2.33. The maximum Gasteiger partial charge on any atom is 0.323 e. The van der Waals surface area contributed by atoms with Gasteiger partial charge in [-0.25, -0.2) is 14.4 Å². The SMILES string of the molecule is COC(=O)[C@@H](NCCN)C1CCC(Oc2cc3c(Nc4cccc(Cl)c4F)ncnc3cc2OC)CC1. The van der Waals surface area contributed by atoms with Crippen molar-refractivity contribution in [1.82, 2.24) is 15.3 Å². The van der Waals surface area contributed by atoms with Crippen molar-refractivity contribution >= 4 is 40.0 Å². The van der Waals surface area contributed by atoms with Crippen molar-refractivity contribution in [2.45, 2.75) is 37.8 Å². The Balaban J connectivity index is 1.53. The van der Waals surface area contributed by atoms with Gasteiger partial charge in [0.15, 0.2) is 17.3 Å². The van der Waals surface area contributed by atoms with Crippen LogP contribution in [0.3, 0.4) is 0 Å². The van der Waals surface area contributed by atoms with Gasteiger partial charge in [0.05, 0.1) is 36.6 Å². The van der Waals surface area contributed by atoms with E-state index in [0.29, 0.717) is 41.3 Å².